The van der Waals surface area contributed by atoms with Crippen molar-refractivity contribution in [1.29, 1.82) is 0 Å². The predicted octanol–water partition coefficient (Wildman–Crippen LogP) is 5.89. The fraction of sp³-hybridized carbons (Fsp3) is 0.595. The summed E-state index contributed by atoms with van der Waals surface area (Å²) in [4.78, 5) is 44.0. The molecule has 0 spiro atoms. The Morgan fingerprint density at radius 2 is 1.63 bits per heavy atom. The molecule has 3 N–H and O–H groups in total. The van der Waals surface area contributed by atoms with Gasteiger partial charge in [0.15, 0.2) is 11.5 Å². The van der Waals surface area contributed by atoms with Gasteiger partial charge in [-0.05, 0) is 76.3 Å². The maximum Gasteiger partial charge on any atom is 0.321 e. The number of aliphatic hydroxyl groups is 1. The van der Waals surface area contributed by atoms with Gasteiger partial charge in [0.25, 0.3) is 5.91 Å². The van der Waals surface area contributed by atoms with Crippen LogP contribution in [0.1, 0.15) is 82.5 Å². The van der Waals surface area contributed by atoms with Gasteiger partial charge in [-0.1, -0.05) is 26.2 Å². The molecule has 0 saturated heterocycles. The van der Waals surface area contributed by atoms with Crippen molar-refractivity contribution < 1.29 is 38.4 Å². The molecule has 2 heterocycles. The number of anilines is 2. The molecule has 0 aromatic heterocycles. The molecule has 1 fully saturated rings. The number of aliphatic hydroxyl groups excluding tert-OH is 1. The van der Waals surface area contributed by atoms with E-state index < -0.39 is 12.1 Å². The normalized spacial score (nSPS) is 22.7. The molecular formula is C37H52N4O8. The molecule has 49 heavy (non-hydrogen) atoms. The zero-order valence-corrected chi connectivity index (χ0v) is 29.2. The van der Waals surface area contributed by atoms with Crippen molar-refractivity contribution in [2.75, 3.05) is 50.8 Å². The van der Waals surface area contributed by atoms with Crippen molar-refractivity contribution >= 4 is 29.2 Å². The summed E-state index contributed by atoms with van der Waals surface area (Å²) in [5, 5.41) is 16.2. The number of carbonyl (C=O) groups excluding carboxylic acids is 3. The molecule has 12 heteroatoms. The van der Waals surface area contributed by atoms with Gasteiger partial charge in [-0.25, -0.2) is 4.79 Å². The number of rotatable bonds is 7. The predicted molar refractivity (Wildman–Crippen MR) is 186 cm³/mol. The maximum atomic E-state index is 14.4. The molecule has 2 aromatic carbocycles. The number of nitrogens with zero attached hydrogens (tertiary/aromatic N) is 2. The van der Waals surface area contributed by atoms with Crippen molar-refractivity contribution in [3.05, 3.63) is 42.0 Å². The summed E-state index contributed by atoms with van der Waals surface area (Å²) < 4.78 is 23.5. The third-order valence-electron chi connectivity index (χ3n) is 9.72. The minimum absolute atomic E-state index is 0.0249. The van der Waals surface area contributed by atoms with Gasteiger partial charge in [0.05, 0.1) is 30.4 Å². The van der Waals surface area contributed by atoms with Crippen LogP contribution in [-0.4, -0.2) is 91.1 Å². The molecule has 0 radical (unpaired) electrons. The highest BCUT2D eigenvalue weighted by atomic mass is 16.7. The Morgan fingerprint density at radius 3 is 2.39 bits per heavy atom. The fourth-order valence-corrected chi connectivity index (χ4v) is 6.62. The molecule has 1 aliphatic carbocycles. The van der Waals surface area contributed by atoms with Crippen molar-refractivity contribution in [3.8, 4) is 17.2 Å². The molecular weight excluding hydrogens is 628 g/mol. The Morgan fingerprint density at radius 1 is 0.939 bits per heavy atom. The molecule has 1 saturated carbocycles. The van der Waals surface area contributed by atoms with Crippen LogP contribution < -0.4 is 24.8 Å². The second-order valence-electron chi connectivity index (χ2n) is 13.7. The van der Waals surface area contributed by atoms with Gasteiger partial charge in [0, 0.05) is 56.0 Å². The highest BCUT2D eigenvalue weighted by molar-refractivity contribution is 6.00. The topological polar surface area (TPSA) is 139 Å². The molecule has 4 amide bonds. The lowest BCUT2D eigenvalue weighted by molar-refractivity contribution is -0.120. The number of ether oxygens (including phenoxy) is 4. The SMILES string of the molecule is C[C@@H]1CCCCO[C@H](CN(C)C(=O)Nc2ccc3c(c2)OCO3)[C@@H](C)CN([C@@H](C)CO)C(=O)c2cc(NC(=O)C3CCCCC3)ccc2O1. The molecule has 3 aliphatic rings. The lowest BCUT2D eigenvalue weighted by Gasteiger charge is -2.35. The molecule has 0 unspecified atom stereocenters. The van der Waals surface area contributed by atoms with Crippen LogP contribution in [0.4, 0.5) is 16.2 Å². The van der Waals surface area contributed by atoms with Crippen LogP contribution in [0.15, 0.2) is 36.4 Å². The van der Waals surface area contributed by atoms with E-state index in [-0.39, 0.29) is 62.3 Å². The van der Waals surface area contributed by atoms with Crippen molar-refractivity contribution in [2.24, 2.45) is 11.8 Å². The first-order chi connectivity index (χ1) is 23.6. The van der Waals surface area contributed by atoms with Crippen LogP contribution in [0.3, 0.4) is 0 Å². The van der Waals surface area contributed by atoms with Crippen LogP contribution in [-0.2, 0) is 9.53 Å². The summed E-state index contributed by atoms with van der Waals surface area (Å²) >= 11 is 0. The molecule has 0 bridgehead atoms. The molecule has 4 atom stereocenters. The van der Waals surface area contributed by atoms with E-state index in [4.69, 9.17) is 18.9 Å². The lowest BCUT2D eigenvalue weighted by Crippen LogP contribution is -2.48. The Hall–Kier alpha value is -4.03. The van der Waals surface area contributed by atoms with Crippen LogP contribution in [0, 0.1) is 11.8 Å². The second-order valence-corrected chi connectivity index (χ2v) is 13.7. The molecule has 268 valence electrons. The van der Waals surface area contributed by atoms with Crippen molar-refractivity contribution in [2.45, 2.75) is 90.4 Å². The first-order valence-corrected chi connectivity index (χ1v) is 17.7. The summed E-state index contributed by atoms with van der Waals surface area (Å²) in [5.41, 5.74) is 1.45. The van der Waals surface area contributed by atoms with Crippen molar-refractivity contribution in [3.63, 3.8) is 0 Å². The highest BCUT2D eigenvalue weighted by Gasteiger charge is 2.31. The van der Waals surface area contributed by atoms with E-state index in [0.717, 1.165) is 51.4 Å². The van der Waals surface area contributed by atoms with E-state index in [0.29, 0.717) is 40.8 Å². The van der Waals surface area contributed by atoms with Crippen LogP contribution in [0.25, 0.3) is 0 Å². The van der Waals surface area contributed by atoms with E-state index in [1.165, 1.54) is 0 Å². The van der Waals surface area contributed by atoms with Gasteiger partial charge >= 0.3 is 6.03 Å². The zero-order valence-electron chi connectivity index (χ0n) is 29.2. The number of hydrogen-bond donors (Lipinski definition) is 3. The van der Waals surface area contributed by atoms with Crippen LogP contribution >= 0.6 is 0 Å². The standard InChI is InChI=1S/C37H52N4O8/c1-24-20-41(25(2)22-42)36(44)30-18-28(38-35(43)27-11-6-5-7-12-27)13-15-31(30)49-26(3)10-8-9-17-46-34(24)21-40(4)37(45)39-29-14-16-32-33(19-29)48-23-47-32/h13-16,18-19,24-27,34,42H,5-12,17,20-23H2,1-4H3,(H,38,43)(H,39,45)/t24-,25-,26+,34+/m0/s1. The van der Waals surface area contributed by atoms with E-state index in [9.17, 15) is 19.5 Å². The molecule has 2 aromatic rings. The monoisotopic (exact) mass is 680 g/mol. The summed E-state index contributed by atoms with van der Waals surface area (Å²) in [5.74, 6) is 1.08. The minimum atomic E-state index is -0.513. The average molecular weight is 681 g/mol. The van der Waals surface area contributed by atoms with Gasteiger partial charge in [-0.2, -0.15) is 0 Å². The zero-order chi connectivity index (χ0) is 34.9. The lowest BCUT2D eigenvalue weighted by atomic mass is 9.88. The summed E-state index contributed by atoms with van der Waals surface area (Å²) in [6.45, 7) is 6.70. The van der Waals surface area contributed by atoms with Crippen molar-refractivity contribution in [1.82, 2.24) is 9.80 Å². The minimum Gasteiger partial charge on any atom is -0.490 e. The smallest absolute Gasteiger partial charge is 0.321 e. The summed E-state index contributed by atoms with van der Waals surface area (Å²) in [6, 6.07) is 9.66. The number of urea groups is 1. The summed E-state index contributed by atoms with van der Waals surface area (Å²) in [7, 11) is 1.71. The van der Waals surface area contributed by atoms with Gasteiger partial charge in [0.2, 0.25) is 12.7 Å². The number of amides is 4. The van der Waals surface area contributed by atoms with E-state index in [1.54, 1.807) is 60.2 Å². The first kappa shape index (κ1) is 36.3. The Bertz CT molecular complexity index is 1450. The van der Waals surface area contributed by atoms with E-state index in [2.05, 4.69) is 10.6 Å². The van der Waals surface area contributed by atoms with Gasteiger partial charge in [-0.3, -0.25) is 9.59 Å². The third-order valence-corrected chi connectivity index (χ3v) is 9.72. The molecule has 12 nitrogen and oxygen atoms in total. The number of benzene rings is 2. The van der Waals surface area contributed by atoms with Crippen LogP contribution in [0.5, 0.6) is 17.2 Å². The Labute approximate surface area is 289 Å². The first-order valence-electron chi connectivity index (χ1n) is 17.7. The average Bonchev–Trinajstić information content (AvgIpc) is 3.58. The number of likely N-dealkylation sites (N-methyl/N-ethyl adjacent to an activating group) is 1. The third kappa shape index (κ3) is 9.57. The quantitative estimate of drug-likeness (QED) is 0.329. The van der Waals surface area contributed by atoms with Gasteiger partial charge in [-0.15, -0.1) is 0 Å². The highest BCUT2D eigenvalue weighted by Crippen LogP contribution is 2.34. The van der Waals surface area contributed by atoms with Crippen LogP contribution in [0.2, 0.25) is 0 Å². The van der Waals surface area contributed by atoms with E-state index >= 15 is 0 Å². The van der Waals surface area contributed by atoms with Gasteiger partial charge in [0.1, 0.15) is 5.75 Å². The Balaban J connectivity index is 1.35. The summed E-state index contributed by atoms with van der Waals surface area (Å²) in [6.07, 6.45) is 6.84. The number of nitrogens with one attached hydrogen (secondary N) is 2. The number of fused-ring (bicyclic) bond motifs is 2. The maximum absolute atomic E-state index is 14.4. The van der Waals surface area contributed by atoms with Gasteiger partial charge < -0.3 is 44.5 Å². The molecule has 5 rings (SSSR count). The van der Waals surface area contributed by atoms with E-state index in [1.807, 2.05) is 13.8 Å². The Kier molecular flexibility index (Phi) is 12.6. The molecule has 2 aliphatic heterocycles. The number of hydrogen-bond acceptors (Lipinski definition) is 8. The largest absolute Gasteiger partial charge is 0.490 e. The fourth-order valence-electron chi connectivity index (χ4n) is 6.62. The second kappa shape index (κ2) is 17.1. The number of carbonyl (C=O) groups is 3.